The fourth-order valence-electron chi connectivity index (χ4n) is 5.03. The largest absolute Gasteiger partial charge is 0.356 e. The number of allylic oxidation sites excluding steroid dienone is 2. The molecule has 2 amide bonds. The Kier molecular flexibility index (Phi) is 31.8. The van der Waals surface area contributed by atoms with Gasteiger partial charge in [-0.1, -0.05) is 142 Å². The predicted molar refractivity (Wildman–Crippen MR) is 171 cm³/mol. The molecular weight excluding hydrogens is 480 g/mol. The SMILES string of the molecule is CCCCCCCC/C=C\CCCCCCCC(=O)NCCCNC(=O)CCCCCCCCCCCCC. The molecule has 39 heavy (non-hydrogen) atoms. The minimum absolute atomic E-state index is 0.153. The van der Waals surface area contributed by atoms with E-state index in [0.717, 1.165) is 32.1 Å². The quantitative estimate of drug-likeness (QED) is 0.0668. The van der Waals surface area contributed by atoms with Crippen LogP contribution in [0.2, 0.25) is 0 Å². The molecule has 0 atom stereocenters. The van der Waals surface area contributed by atoms with Crippen LogP contribution >= 0.6 is 0 Å². The van der Waals surface area contributed by atoms with Gasteiger partial charge in [-0.3, -0.25) is 9.59 Å². The number of carbonyl (C=O) groups excluding carboxylic acids is 2. The number of hydrogen-bond acceptors (Lipinski definition) is 2. The zero-order valence-electron chi connectivity index (χ0n) is 26.5. The summed E-state index contributed by atoms with van der Waals surface area (Å²) in [6.07, 6.45) is 37.7. The summed E-state index contributed by atoms with van der Waals surface area (Å²) in [5.74, 6) is 0.311. The van der Waals surface area contributed by atoms with Crippen molar-refractivity contribution < 1.29 is 9.59 Å². The van der Waals surface area contributed by atoms with Gasteiger partial charge in [-0.25, -0.2) is 0 Å². The van der Waals surface area contributed by atoms with E-state index in [0.29, 0.717) is 25.9 Å². The first-order chi connectivity index (χ1) is 19.2. The van der Waals surface area contributed by atoms with Crippen LogP contribution in [0.15, 0.2) is 12.2 Å². The Morgan fingerprint density at radius 1 is 0.410 bits per heavy atom. The summed E-state index contributed by atoms with van der Waals surface area (Å²) in [5.41, 5.74) is 0. The molecule has 0 saturated heterocycles. The molecule has 0 aromatic rings. The molecule has 0 bridgehead atoms. The maximum Gasteiger partial charge on any atom is 0.219 e. The van der Waals surface area contributed by atoms with Crippen LogP contribution in [0.5, 0.6) is 0 Å². The highest BCUT2D eigenvalue weighted by molar-refractivity contribution is 5.76. The van der Waals surface area contributed by atoms with Crippen molar-refractivity contribution in [1.82, 2.24) is 10.6 Å². The van der Waals surface area contributed by atoms with E-state index in [4.69, 9.17) is 0 Å². The number of nitrogens with one attached hydrogen (secondary N) is 2. The van der Waals surface area contributed by atoms with Crippen LogP contribution in [0.1, 0.15) is 187 Å². The fraction of sp³-hybridized carbons (Fsp3) is 0.886. The molecule has 4 nitrogen and oxygen atoms in total. The molecule has 0 aliphatic heterocycles. The van der Waals surface area contributed by atoms with Gasteiger partial charge in [-0.2, -0.15) is 0 Å². The smallest absolute Gasteiger partial charge is 0.219 e. The Balaban J connectivity index is 3.30. The van der Waals surface area contributed by atoms with Gasteiger partial charge in [-0.05, 0) is 44.9 Å². The summed E-state index contributed by atoms with van der Waals surface area (Å²) in [5, 5.41) is 5.99. The molecule has 230 valence electrons. The van der Waals surface area contributed by atoms with Gasteiger partial charge in [0.2, 0.25) is 11.8 Å². The van der Waals surface area contributed by atoms with Crippen molar-refractivity contribution in [3.8, 4) is 0 Å². The van der Waals surface area contributed by atoms with E-state index in [1.54, 1.807) is 0 Å². The lowest BCUT2D eigenvalue weighted by Crippen LogP contribution is -2.29. The van der Waals surface area contributed by atoms with Gasteiger partial charge < -0.3 is 10.6 Å². The van der Waals surface area contributed by atoms with Crippen molar-refractivity contribution in [2.24, 2.45) is 0 Å². The summed E-state index contributed by atoms with van der Waals surface area (Å²) >= 11 is 0. The minimum atomic E-state index is 0.153. The lowest BCUT2D eigenvalue weighted by molar-refractivity contribution is -0.121. The summed E-state index contributed by atoms with van der Waals surface area (Å²) in [6, 6.07) is 0. The third-order valence-corrected chi connectivity index (χ3v) is 7.67. The Morgan fingerprint density at radius 2 is 0.718 bits per heavy atom. The van der Waals surface area contributed by atoms with Crippen LogP contribution < -0.4 is 10.6 Å². The molecule has 0 heterocycles. The Labute approximate surface area is 244 Å². The molecule has 0 aliphatic carbocycles. The van der Waals surface area contributed by atoms with Gasteiger partial charge in [0.15, 0.2) is 0 Å². The molecule has 4 heteroatoms. The first kappa shape index (κ1) is 37.7. The minimum Gasteiger partial charge on any atom is -0.356 e. The molecule has 0 radical (unpaired) electrons. The van der Waals surface area contributed by atoms with E-state index >= 15 is 0 Å². The standard InChI is InChI=1S/C35H68N2O2/c1-3-5-7-9-11-13-15-16-17-18-20-22-24-26-28-31-35(39)37-33-29-32-36-34(38)30-27-25-23-21-19-14-12-10-8-6-4-2/h16-17H,3-15,18-33H2,1-2H3,(H,36,38)(H,37,39)/b17-16-. The van der Waals surface area contributed by atoms with Crippen LogP contribution in [-0.2, 0) is 9.59 Å². The highest BCUT2D eigenvalue weighted by Gasteiger charge is 2.03. The fourth-order valence-corrected chi connectivity index (χ4v) is 5.03. The average molecular weight is 549 g/mol. The zero-order chi connectivity index (χ0) is 28.5. The number of unbranched alkanes of at least 4 members (excludes halogenated alkanes) is 21. The Morgan fingerprint density at radius 3 is 1.08 bits per heavy atom. The highest BCUT2D eigenvalue weighted by Crippen LogP contribution is 2.12. The molecule has 0 rings (SSSR count). The van der Waals surface area contributed by atoms with Crippen molar-refractivity contribution in [3.05, 3.63) is 12.2 Å². The Hall–Kier alpha value is -1.32. The van der Waals surface area contributed by atoms with E-state index in [1.807, 2.05) is 0 Å². The molecule has 0 fully saturated rings. The number of carbonyl (C=O) groups is 2. The molecule has 2 N–H and O–H groups in total. The molecule has 0 aromatic heterocycles. The third kappa shape index (κ3) is 32.8. The van der Waals surface area contributed by atoms with Crippen LogP contribution in [0.3, 0.4) is 0 Å². The summed E-state index contributed by atoms with van der Waals surface area (Å²) in [7, 11) is 0. The maximum atomic E-state index is 12.0. The van der Waals surface area contributed by atoms with Gasteiger partial charge in [0, 0.05) is 25.9 Å². The van der Waals surface area contributed by atoms with Crippen molar-refractivity contribution in [2.75, 3.05) is 13.1 Å². The van der Waals surface area contributed by atoms with Gasteiger partial charge in [-0.15, -0.1) is 0 Å². The number of hydrogen-bond donors (Lipinski definition) is 2. The van der Waals surface area contributed by atoms with Crippen LogP contribution in [0, 0.1) is 0 Å². The zero-order valence-corrected chi connectivity index (χ0v) is 26.5. The second-order valence-corrected chi connectivity index (χ2v) is 11.7. The predicted octanol–water partition coefficient (Wildman–Crippen LogP) is 10.3. The van der Waals surface area contributed by atoms with E-state index in [2.05, 4.69) is 36.6 Å². The molecule has 0 aliphatic rings. The summed E-state index contributed by atoms with van der Waals surface area (Å²) in [6.45, 7) is 5.85. The van der Waals surface area contributed by atoms with Gasteiger partial charge in [0.25, 0.3) is 0 Å². The Bertz CT molecular complexity index is 547. The second-order valence-electron chi connectivity index (χ2n) is 11.7. The molecule has 0 spiro atoms. The van der Waals surface area contributed by atoms with E-state index < -0.39 is 0 Å². The van der Waals surface area contributed by atoms with Gasteiger partial charge in [0.1, 0.15) is 0 Å². The monoisotopic (exact) mass is 549 g/mol. The lowest BCUT2D eigenvalue weighted by Gasteiger charge is -2.07. The van der Waals surface area contributed by atoms with Crippen molar-refractivity contribution in [1.29, 1.82) is 0 Å². The summed E-state index contributed by atoms with van der Waals surface area (Å²) in [4.78, 5) is 24.0. The van der Waals surface area contributed by atoms with Gasteiger partial charge in [0.05, 0.1) is 0 Å². The molecule has 0 unspecified atom stereocenters. The normalized spacial score (nSPS) is 11.3. The van der Waals surface area contributed by atoms with Crippen LogP contribution in [-0.4, -0.2) is 24.9 Å². The van der Waals surface area contributed by atoms with Crippen molar-refractivity contribution in [3.63, 3.8) is 0 Å². The first-order valence-corrected chi connectivity index (χ1v) is 17.4. The van der Waals surface area contributed by atoms with Crippen molar-refractivity contribution in [2.45, 2.75) is 187 Å². The van der Waals surface area contributed by atoms with Crippen molar-refractivity contribution >= 4 is 11.8 Å². The number of rotatable bonds is 31. The molecule has 0 aromatic carbocycles. The third-order valence-electron chi connectivity index (χ3n) is 7.67. The van der Waals surface area contributed by atoms with Crippen LogP contribution in [0.25, 0.3) is 0 Å². The molecular formula is C35H68N2O2. The topological polar surface area (TPSA) is 58.2 Å². The van der Waals surface area contributed by atoms with Gasteiger partial charge >= 0.3 is 0 Å². The van der Waals surface area contributed by atoms with E-state index in [1.165, 1.54) is 128 Å². The summed E-state index contributed by atoms with van der Waals surface area (Å²) < 4.78 is 0. The highest BCUT2D eigenvalue weighted by atomic mass is 16.2. The second kappa shape index (κ2) is 32.9. The first-order valence-electron chi connectivity index (χ1n) is 17.4. The average Bonchev–Trinajstić information content (AvgIpc) is 2.93. The van der Waals surface area contributed by atoms with E-state index in [9.17, 15) is 9.59 Å². The van der Waals surface area contributed by atoms with Crippen LogP contribution in [0.4, 0.5) is 0 Å². The maximum absolute atomic E-state index is 12.0. The number of amides is 2. The van der Waals surface area contributed by atoms with E-state index in [-0.39, 0.29) is 11.8 Å². The lowest BCUT2D eigenvalue weighted by atomic mass is 10.1. The molecule has 0 saturated carbocycles.